The predicted molar refractivity (Wildman–Crippen MR) is 73.7 cm³/mol. The summed E-state index contributed by atoms with van der Waals surface area (Å²) < 4.78 is 5.66. The molecule has 0 unspecified atom stereocenters. The van der Waals surface area contributed by atoms with Gasteiger partial charge in [-0.25, -0.2) is 0 Å². The van der Waals surface area contributed by atoms with Crippen molar-refractivity contribution in [3.8, 4) is 5.75 Å². The fourth-order valence-corrected chi connectivity index (χ4v) is 1.54. The van der Waals surface area contributed by atoms with Gasteiger partial charge in [-0.2, -0.15) is 0 Å². The lowest BCUT2D eigenvalue weighted by Gasteiger charge is -2.09. The molecule has 2 nitrogen and oxygen atoms in total. The van der Waals surface area contributed by atoms with Crippen LogP contribution in [0.25, 0.3) is 0 Å². The van der Waals surface area contributed by atoms with E-state index in [1.54, 1.807) is 0 Å². The zero-order chi connectivity index (χ0) is 12.5. The molecular formula is C15H23NO. The molecule has 0 aliphatic rings. The Morgan fingerprint density at radius 1 is 1.29 bits per heavy atom. The van der Waals surface area contributed by atoms with Gasteiger partial charge in [0.25, 0.3) is 0 Å². The van der Waals surface area contributed by atoms with Crippen molar-refractivity contribution in [1.29, 1.82) is 0 Å². The SMILES string of the molecule is C=CCNCCCOc1ccc(C(C)C)cc1. The summed E-state index contributed by atoms with van der Waals surface area (Å²) in [7, 11) is 0. The topological polar surface area (TPSA) is 21.3 Å². The lowest BCUT2D eigenvalue weighted by Crippen LogP contribution is -2.17. The minimum atomic E-state index is 0.576. The largest absolute Gasteiger partial charge is 0.494 e. The molecule has 94 valence electrons. The number of benzene rings is 1. The number of ether oxygens (including phenoxy) is 1. The molecule has 0 atom stereocenters. The van der Waals surface area contributed by atoms with E-state index >= 15 is 0 Å². The minimum absolute atomic E-state index is 0.576. The van der Waals surface area contributed by atoms with Crippen LogP contribution in [-0.4, -0.2) is 19.7 Å². The third-order valence-electron chi connectivity index (χ3n) is 2.60. The van der Waals surface area contributed by atoms with Gasteiger partial charge in [-0.1, -0.05) is 32.1 Å². The zero-order valence-corrected chi connectivity index (χ0v) is 10.9. The summed E-state index contributed by atoms with van der Waals surface area (Å²) in [6, 6.07) is 8.37. The van der Waals surface area contributed by atoms with Crippen molar-refractivity contribution in [2.24, 2.45) is 0 Å². The third-order valence-corrected chi connectivity index (χ3v) is 2.60. The van der Waals surface area contributed by atoms with E-state index in [0.29, 0.717) is 5.92 Å². The third kappa shape index (κ3) is 5.55. The summed E-state index contributed by atoms with van der Waals surface area (Å²) in [4.78, 5) is 0. The Hall–Kier alpha value is -1.28. The number of hydrogen-bond donors (Lipinski definition) is 1. The van der Waals surface area contributed by atoms with Gasteiger partial charge >= 0.3 is 0 Å². The molecule has 0 aliphatic carbocycles. The summed E-state index contributed by atoms with van der Waals surface area (Å²) in [6.45, 7) is 10.6. The van der Waals surface area contributed by atoms with E-state index in [2.05, 4.69) is 37.9 Å². The van der Waals surface area contributed by atoms with Crippen molar-refractivity contribution in [2.45, 2.75) is 26.2 Å². The van der Waals surface area contributed by atoms with Crippen LogP contribution in [0.5, 0.6) is 5.75 Å². The highest BCUT2D eigenvalue weighted by atomic mass is 16.5. The van der Waals surface area contributed by atoms with Gasteiger partial charge in [0.15, 0.2) is 0 Å². The van der Waals surface area contributed by atoms with Gasteiger partial charge in [0.05, 0.1) is 6.61 Å². The minimum Gasteiger partial charge on any atom is -0.494 e. The van der Waals surface area contributed by atoms with Crippen molar-refractivity contribution < 1.29 is 4.74 Å². The van der Waals surface area contributed by atoms with Crippen LogP contribution in [0.3, 0.4) is 0 Å². The first-order valence-corrected chi connectivity index (χ1v) is 6.28. The smallest absolute Gasteiger partial charge is 0.119 e. The molecule has 0 fully saturated rings. The summed E-state index contributed by atoms with van der Waals surface area (Å²) in [5.74, 6) is 1.53. The molecule has 0 bridgehead atoms. The Kier molecular flexibility index (Phi) is 6.41. The van der Waals surface area contributed by atoms with Gasteiger partial charge in [0.1, 0.15) is 5.75 Å². The van der Waals surface area contributed by atoms with Crippen LogP contribution < -0.4 is 10.1 Å². The van der Waals surface area contributed by atoms with Crippen LogP contribution in [0.1, 0.15) is 31.7 Å². The zero-order valence-electron chi connectivity index (χ0n) is 10.9. The molecule has 0 spiro atoms. The molecular weight excluding hydrogens is 210 g/mol. The highest BCUT2D eigenvalue weighted by Crippen LogP contribution is 2.18. The van der Waals surface area contributed by atoms with Crippen LogP contribution in [0.4, 0.5) is 0 Å². The Labute approximate surface area is 105 Å². The molecule has 0 saturated carbocycles. The number of rotatable bonds is 8. The lowest BCUT2D eigenvalue weighted by molar-refractivity contribution is 0.309. The average Bonchev–Trinajstić information content (AvgIpc) is 2.34. The van der Waals surface area contributed by atoms with Crippen LogP contribution in [0.15, 0.2) is 36.9 Å². The van der Waals surface area contributed by atoms with Gasteiger partial charge in [-0.15, -0.1) is 6.58 Å². The second-order valence-electron chi connectivity index (χ2n) is 4.42. The molecule has 1 aromatic carbocycles. The molecule has 2 heteroatoms. The second kappa shape index (κ2) is 7.91. The number of nitrogens with one attached hydrogen (secondary N) is 1. The lowest BCUT2D eigenvalue weighted by atomic mass is 10.0. The quantitative estimate of drug-likeness (QED) is 0.549. The maximum Gasteiger partial charge on any atom is 0.119 e. The molecule has 0 aromatic heterocycles. The molecule has 0 saturated heterocycles. The fourth-order valence-electron chi connectivity index (χ4n) is 1.54. The molecule has 0 heterocycles. The second-order valence-corrected chi connectivity index (χ2v) is 4.42. The summed E-state index contributed by atoms with van der Waals surface area (Å²) in [6.07, 6.45) is 2.88. The summed E-state index contributed by atoms with van der Waals surface area (Å²) >= 11 is 0. The van der Waals surface area contributed by atoms with E-state index in [1.165, 1.54) is 5.56 Å². The van der Waals surface area contributed by atoms with Crippen LogP contribution >= 0.6 is 0 Å². The Morgan fingerprint density at radius 3 is 2.59 bits per heavy atom. The predicted octanol–water partition coefficient (Wildman–Crippen LogP) is 3.35. The van der Waals surface area contributed by atoms with E-state index in [1.807, 2.05) is 18.2 Å². The van der Waals surface area contributed by atoms with Crippen molar-refractivity contribution in [3.05, 3.63) is 42.5 Å². The molecule has 0 amide bonds. The first-order chi connectivity index (χ1) is 8.24. The monoisotopic (exact) mass is 233 g/mol. The normalized spacial score (nSPS) is 10.5. The van der Waals surface area contributed by atoms with Gasteiger partial charge in [-0.3, -0.25) is 0 Å². The molecule has 1 rings (SSSR count). The maximum absolute atomic E-state index is 5.66. The Bertz CT molecular complexity index is 316. The van der Waals surface area contributed by atoms with Crippen LogP contribution in [0.2, 0.25) is 0 Å². The first kappa shape index (κ1) is 13.8. The molecule has 17 heavy (non-hydrogen) atoms. The Balaban J connectivity index is 2.21. The summed E-state index contributed by atoms with van der Waals surface area (Å²) in [5.41, 5.74) is 1.35. The van der Waals surface area contributed by atoms with Gasteiger partial charge in [-0.05, 0) is 36.6 Å². The van der Waals surface area contributed by atoms with Crippen molar-refractivity contribution >= 4 is 0 Å². The van der Waals surface area contributed by atoms with E-state index in [0.717, 1.165) is 31.9 Å². The molecule has 1 aromatic rings. The standard InChI is InChI=1S/C15H23NO/c1-4-10-16-11-5-12-17-15-8-6-14(7-9-15)13(2)3/h4,6-9,13,16H,1,5,10-12H2,2-3H3. The Morgan fingerprint density at radius 2 is 2.00 bits per heavy atom. The van der Waals surface area contributed by atoms with Gasteiger partial charge in [0.2, 0.25) is 0 Å². The van der Waals surface area contributed by atoms with Crippen molar-refractivity contribution in [3.63, 3.8) is 0 Å². The maximum atomic E-state index is 5.66. The van der Waals surface area contributed by atoms with Gasteiger partial charge < -0.3 is 10.1 Å². The molecule has 0 radical (unpaired) electrons. The van der Waals surface area contributed by atoms with Crippen LogP contribution in [-0.2, 0) is 0 Å². The average molecular weight is 233 g/mol. The number of hydrogen-bond acceptors (Lipinski definition) is 2. The van der Waals surface area contributed by atoms with E-state index in [4.69, 9.17) is 4.74 Å². The van der Waals surface area contributed by atoms with Crippen molar-refractivity contribution in [1.82, 2.24) is 5.32 Å². The fraction of sp³-hybridized carbons (Fsp3) is 0.467. The van der Waals surface area contributed by atoms with Crippen LogP contribution in [0, 0.1) is 0 Å². The highest BCUT2D eigenvalue weighted by molar-refractivity contribution is 5.28. The highest BCUT2D eigenvalue weighted by Gasteiger charge is 1.99. The van der Waals surface area contributed by atoms with Gasteiger partial charge in [0, 0.05) is 6.54 Å². The molecule has 1 N–H and O–H groups in total. The molecule has 0 aliphatic heterocycles. The van der Waals surface area contributed by atoms with Crippen molar-refractivity contribution in [2.75, 3.05) is 19.7 Å². The van der Waals surface area contributed by atoms with E-state index in [9.17, 15) is 0 Å². The first-order valence-electron chi connectivity index (χ1n) is 6.28. The van der Waals surface area contributed by atoms with E-state index < -0.39 is 0 Å². The van der Waals surface area contributed by atoms with E-state index in [-0.39, 0.29) is 0 Å². The summed E-state index contributed by atoms with van der Waals surface area (Å²) in [5, 5.41) is 3.25.